The predicted molar refractivity (Wildman–Crippen MR) is 61.7 cm³/mol. The van der Waals surface area contributed by atoms with Gasteiger partial charge >= 0.3 is 5.97 Å². The Bertz CT molecular complexity index is 390. The number of esters is 1. The molecule has 1 aromatic heterocycles. The van der Waals surface area contributed by atoms with E-state index in [2.05, 4.69) is 20.9 Å². The van der Waals surface area contributed by atoms with Crippen LogP contribution in [0.25, 0.3) is 0 Å². The molecule has 16 heavy (non-hydrogen) atoms. The molecule has 0 saturated heterocycles. The van der Waals surface area contributed by atoms with Gasteiger partial charge in [-0.3, -0.25) is 9.59 Å². The first-order valence-electron chi connectivity index (χ1n) is 4.78. The summed E-state index contributed by atoms with van der Waals surface area (Å²) in [5, 5.41) is 0. The SMILES string of the molecule is CC(=O)CC(OC(C)=O)c1cccc(Br)n1. The monoisotopic (exact) mass is 285 g/mol. The molecule has 1 atom stereocenters. The van der Waals surface area contributed by atoms with E-state index in [1.54, 1.807) is 18.2 Å². The van der Waals surface area contributed by atoms with Gasteiger partial charge in [0.1, 0.15) is 10.4 Å². The van der Waals surface area contributed by atoms with Crippen molar-refractivity contribution in [1.29, 1.82) is 0 Å². The minimum Gasteiger partial charge on any atom is -0.456 e. The number of carbonyl (C=O) groups is 2. The van der Waals surface area contributed by atoms with E-state index in [0.717, 1.165) is 0 Å². The lowest BCUT2D eigenvalue weighted by molar-refractivity contribution is -0.148. The lowest BCUT2D eigenvalue weighted by Crippen LogP contribution is -2.13. The molecular weight excluding hydrogens is 274 g/mol. The highest BCUT2D eigenvalue weighted by Crippen LogP contribution is 2.21. The zero-order chi connectivity index (χ0) is 12.1. The van der Waals surface area contributed by atoms with Crippen molar-refractivity contribution in [2.75, 3.05) is 0 Å². The van der Waals surface area contributed by atoms with Crippen molar-refractivity contribution in [3.63, 3.8) is 0 Å². The summed E-state index contributed by atoms with van der Waals surface area (Å²) in [7, 11) is 0. The molecule has 0 radical (unpaired) electrons. The second kappa shape index (κ2) is 5.75. The van der Waals surface area contributed by atoms with Crippen molar-refractivity contribution in [3.8, 4) is 0 Å². The van der Waals surface area contributed by atoms with Crippen LogP contribution in [0.5, 0.6) is 0 Å². The molecule has 0 aliphatic heterocycles. The molecule has 0 N–H and O–H groups in total. The predicted octanol–water partition coefficient (Wildman–Crippen LogP) is 2.43. The van der Waals surface area contributed by atoms with E-state index in [4.69, 9.17) is 4.74 Å². The highest BCUT2D eigenvalue weighted by molar-refractivity contribution is 9.10. The van der Waals surface area contributed by atoms with E-state index < -0.39 is 12.1 Å². The lowest BCUT2D eigenvalue weighted by Gasteiger charge is -2.15. The topological polar surface area (TPSA) is 56.3 Å². The Hall–Kier alpha value is -1.23. The number of aromatic nitrogens is 1. The number of carbonyl (C=O) groups excluding carboxylic acids is 2. The molecular formula is C11H12BrNO3. The summed E-state index contributed by atoms with van der Waals surface area (Å²) in [6.07, 6.45) is -0.462. The Morgan fingerprint density at radius 3 is 2.62 bits per heavy atom. The second-order valence-electron chi connectivity index (χ2n) is 3.39. The largest absolute Gasteiger partial charge is 0.456 e. The van der Waals surface area contributed by atoms with Gasteiger partial charge in [-0.15, -0.1) is 0 Å². The Labute approximate surface area is 102 Å². The summed E-state index contributed by atoms with van der Waals surface area (Å²) in [5.74, 6) is -0.471. The number of pyridine rings is 1. The van der Waals surface area contributed by atoms with Gasteiger partial charge in [0.05, 0.1) is 5.69 Å². The maximum atomic E-state index is 11.1. The third-order valence-corrected chi connectivity index (χ3v) is 2.29. The first kappa shape index (κ1) is 12.8. The Balaban J connectivity index is 2.90. The molecule has 0 amide bonds. The van der Waals surface area contributed by atoms with Gasteiger partial charge in [0, 0.05) is 13.3 Å². The number of hydrogen-bond donors (Lipinski definition) is 0. The minimum absolute atomic E-state index is 0.0481. The first-order chi connectivity index (χ1) is 7.49. The van der Waals surface area contributed by atoms with Crippen LogP contribution in [0.3, 0.4) is 0 Å². The van der Waals surface area contributed by atoms with Crippen LogP contribution in [0.4, 0.5) is 0 Å². The number of hydrogen-bond acceptors (Lipinski definition) is 4. The van der Waals surface area contributed by atoms with E-state index in [-0.39, 0.29) is 12.2 Å². The molecule has 0 aromatic carbocycles. The number of halogens is 1. The van der Waals surface area contributed by atoms with Gasteiger partial charge < -0.3 is 4.74 Å². The summed E-state index contributed by atoms with van der Waals surface area (Å²) in [5.41, 5.74) is 0.569. The molecule has 0 aliphatic rings. The maximum Gasteiger partial charge on any atom is 0.303 e. The summed E-state index contributed by atoms with van der Waals surface area (Å²) in [6.45, 7) is 2.76. The van der Waals surface area contributed by atoms with Crippen LogP contribution in [-0.4, -0.2) is 16.7 Å². The number of nitrogens with zero attached hydrogens (tertiary/aromatic N) is 1. The highest BCUT2D eigenvalue weighted by atomic mass is 79.9. The Morgan fingerprint density at radius 1 is 1.44 bits per heavy atom. The maximum absolute atomic E-state index is 11.1. The molecule has 86 valence electrons. The van der Waals surface area contributed by atoms with Crippen LogP contribution in [0.1, 0.15) is 32.1 Å². The molecule has 1 aromatic rings. The number of ether oxygens (including phenoxy) is 1. The third-order valence-electron chi connectivity index (χ3n) is 1.85. The molecule has 4 nitrogen and oxygen atoms in total. The van der Waals surface area contributed by atoms with Crippen molar-refractivity contribution < 1.29 is 14.3 Å². The van der Waals surface area contributed by atoms with Gasteiger partial charge in [0.25, 0.3) is 0 Å². The molecule has 0 saturated carbocycles. The molecule has 1 unspecified atom stereocenters. The van der Waals surface area contributed by atoms with Crippen LogP contribution in [0.15, 0.2) is 22.8 Å². The Morgan fingerprint density at radius 2 is 2.12 bits per heavy atom. The highest BCUT2D eigenvalue weighted by Gasteiger charge is 2.18. The Kier molecular flexibility index (Phi) is 4.61. The van der Waals surface area contributed by atoms with Crippen LogP contribution >= 0.6 is 15.9 Å². The fraction of sp³-hybridized carbons (Fsp3) is 0.364. The van der Waals surface area contributed by atoms with Gasteiger partial charge in [-0.1, -0.05) is 6.07 Å². The van der Waals surface area contributed by atoms with Crippen LogP contribution < -0.4 is 0 Å². The molecule has 5 heteroatoms. The van der Waals surface area contributed by atoms with E-state index in [1.807, 2.05) is 0 Å². The summed E-state index contributed by atoms with van der Waals surface area (Å²) >= 11 is 3.23. The van der Waals surface area contributed by atoms with Gasteiger partial charge in [-0.2, -0.15) is 0 Å². The number of rotatable bonds is 4. The second-order valence-corrected chi connectivity index (χ2v) is 4.20. The van der Waals surface area contributed by atoms with Crippen molar-refractivity contribution >= 4 is 27.7 Å². The van der Waals surface area contributed by atoms with Gasteiger partial charge in [-0.25, -0.2) is 4.98 Å². The average molecular weight is 286 g/mol. The van der Waals surface area contributed by atoms with E-state index in [9.17, 15) is 9.59 Å². The molecule has 0 aliphatic carbocycles. The van der Waals surface area contributed by atoms with Crippen molar-refractivity contribution in [1.82, 2.24) is 4.98 Å². The molecule has 1 heterocycles. The van der Waals surface area contributed by atoms with Gasteiger partial charge in [-0.05, 0) is 35.0 Å². The first-order valence-corrected chi connectivity index (χ1v) is 5.57. The van der Waals surface area contributed by atoms with Gasteiger partial charge in [0.15, 0.2) is 6.10 Å². The molecule has 0 bridgehead atoms. The van der Waals surface area contributed by atoms with Gasteiger partial charge in [0.2, 0.25) is 0 Å². The van der Waals surface area contributed by atoms with Crippen LogP contribution in [-0.2, 0) is 14.3 Å². The number of Topliss-reactive ketones (excluding diaryl/α,β-unsaturated/α-hetero) is 1. The fourth-order valence-corrected chi connectivity index (χ4v) is 1.63. The van der Waals surface area contributed by atoms with Crippen molar-refractivity contribution in [2.24, 2.45) is 0 Å². The van der Waals surface area contributed by atoms with E-state index in [0.29, 0.717) is 10.3 Å². The number of ketones is 1. The lowest BCUT2D eigenvalue weighted by atomic mass is 10.1. The minimum atomic E-state index is -0.604. The molecule has 1 rings (SSSR count). The summed E-state index contributed by atoms with van der Waals surface area (Å²) in [4.78, 5) is 26.2. The summed E-state index contributed by atoms with van der Waals surface area (Å²) in [6, 6.07) is 5.27. The van der Waals surface area contributed by atoms with Crippen LogP contribution in [0.2, 0.25) is 0 Å². The van der Waals surface area contributed by atoms with E-state index in [1.165, 1.54) is 13.8 Å². The van der Waals surface area contributed by atoms with Crippen LogP contribution in [0, 0.1) is 0 Å². The normalized spacial score (nSPS) is 11.9. The van der Waals surface area contributed by atoms with Crippen molar-refractivity contribution in [2.45, 2.75) is 26.4 Å². The third kappa shape index (κ3) is 4.10. The summed E-state index contributed by atoms with van der Waals surface area (Å²) < 4.78 is 5.70. The smallest absolute Gasteiger partial charge is 0.303 e. The standard InChI is InChI=1S/C11H12BrNO3/c1-7(14)6-10(16-8(2)15)9-4-3-5-11(12)13-9/h3-5,10H,6H2,1-2H3. The zero-order valence-corrected chi connectivity index (χ0v) is 10.7. The van der Waals surface area contributed by atoms with Crippen molar-refractivity contribution in [3.05, 3.63) is 28.5 Å². The molecule has 0 fully saturated rings. The fourth-order valence-electron chi connectivity index (χ4n) is 1.27. The molecule has 0 spiro atoms. The van der Waals surface area contributed by atoms with E-state index >= 15 is 0 Å². The average Bonchev–Trinajstić information content (AvgIpc) is 2.15. The zero-order valence-electron chi connectivity index (χ0n) is 9.07. The quantitative estimate of drug-likeness (QED) is 0.630.